The molecule has 0 radical (unpaired) electrons. The van der Waals surface area contributed by atoms with Gasteiger partial charge in [0.2, 0.25) is 5.88 Å². The Kier molecular flexibility index (Phi) is 5.95. The smallest absolute Gasteiger partial charge is 0.252 e. The van der Waals surface area contributed by atoms with E-state index in [0.29, 0.717) is 30.5 Å². The lowest BCUT2D eigenvalue weighted by atomic mass is 9.96. The fourth-order valence-electron chi connectivity index (χ4n) is 2.29. The molecular weight excluding hydrogens is 276 g/mol. The highest BCUT2D eigenvalue weighted by molar-refractivity contribution is 5.93. The van der Waals surface area contributed by atoms with Gasteiger partial charge in [-0.1, -0.05) is 37.3 Å². The third-order valence-corrected chi connectivity index (χ3v) is 3.56. The van der Waals surface area contributed by atoms with Crippen LogP contribution in [0.2, 0.25) is 0 Å². The average Bonchev–Trinajstić information content (AvgIpc) is 2.57. The van der Waals surface area contributed by atoms with Crippen molar-refractivity contribution in [1.29, 1.82) is 0 Å². The number of nitrogens with one attached hydrogen (secondary N) is 1. The van der Waals surface area contributed by atoms with E-state index in [9.17, 15) is 4.79 Å². The minimum atomic E-state index is -0.107. The summed E-state index contributed by atoms with van der Waals surface area (Å²) in [5.74, 6) is 0.750. The molecular formula is C18H22N2O2. The molecule has 0 spiro atoms. The lowest BCUT2D eigenvalue weighted by Gasteiger charge is -2.16. The molecule has 1 aromatic heterocycles. The van der Waals surface area contributed by atoms with Gasteiger partial charge in [0.05, 0.1) is 12.2 Å². The molecule has 22 heavy (non-hydrogen) atoms. The molecule has 0 bridgehead atoms. The molecule has 116 valence electrons. The standard InChI is InChI=1S/C18H22N2O2/c1-3-14(15-8-6-5-7-9-15)12-20-18(21)16-10-11-17(19-13-16)22-4-2/h5-11,13-14H,3-4,12H2,1-2H3,(H,20,21). The molecule has 1 heterocycles. The maximum absolute atomic E-state index is 12.2. The maximum Gasteiger partial charge on any atom is 0.252 e. The van der Waals surface area contributed by atoms with Gasteiger partial charge in [0.25, 0.3) is 5.91 Å². The van der Waals surface area contributed by atoms with Crippen LogP contribution in [0, 0.1) is 0 Å². The molecule has 0 fully saturated rings. The first-order chi connectivity index (χ1) is 10.7. The summed E-state index contributed by atoms with van der Waals surface area (Å²) in [5, 5.41) is 2.98. The largest absolute Gasteiger partial charge is 0.478 e. The second kappa shape index (κ2) is 8.17. The van der Waals surface area contributed by atoms with E-state index in [1.165, 1.54) is 5.56 Å². The molecule has 0 aliphatic heterocycles. The molecule has 0 aliphatic rings. The van der Waals surface area contributed by atoms with Crippen molar-refractivity contribution in [2.24, 2.45) is 0 Å². The zero-order valence-electron chi connectivity index (χ0n) is 13.1. The quantitative estimate of drug-likeness (QED) is 0.852. The van der Waals surface area contributed by atoms with Gasteiger partial charge in [-0.2, -0.15) is 0 Å². The number of pyridine rings is 1. The number of aromatic nitrogens is 1. The van der Waals surface area contributed by atoms with E-state index in [4.69, 9.17) is 4.74 Å². The van der Waals surface area contributed by atoms with Crippen LogP contribution in [0.15, 0.2) is 48.7 Å². The molecule has 0 aliphatic carbocycles. The molecule has 0 saturated carbocycles. The Hall–Kier alpha value is -2.36. The number of carbonyl (C=O) groups is 1. The minimum Gasteiger partial charge on any atom is -0.478 e. The number of hydrogen-bond donors (Lipinski definition) is 1. The summed E-state index contributed by atoms with van der Waals surface area (Å²) in [6.45, 7) is 5.21. The van der Waals surface area contributed by atoms with E-state index in [1.807, 2.05) is 25.1 Å². The van der Waals surface area contributed by atoms with Gasteiger partial charge in [0.1, 0.15) is 0 Å². The van der Waals surface area contributed by atoms with Crippen LogP contribution in [0.25, 0.3) is 0 Å². The number of benzene rings is 1. The van der Waals surface area contributed by atoms with Gasteiger partial charge < -0.3 is 10.1 Å². The third-order valence-electron chi connectivity index (χ3n) is 3.56. The van der Waals surface area contributed by atoms with E-state index in [1.54, 1.807) is 18.3 Å². The highest BCUT2D eigenvalue weighted by Gasteiger charge is 2.12. The first kappa shape index (κ1) is 16.0. The van der Waals surface area contributed by atoms with Crippen molar-refractivity contribution < 1.29 is 9.53 Å². The summed E-state index contributed by atoms with van der Waals surface area (Å²) in [4.78, 5) is 16.3. The predicted molar refractivity (Wildman–Crippen MR) is 87.2 cm³/mol. The highest BCUT2D eigenvalue weighted by atomic mass is 16.5. The number of rotatable bonds is 7. The van der Waals surface area contributed by atoms with Crippen LogP contribution in [0.4, 0.5) is 0 Å². The molecule has 1 unspecified atom stereocenters. The SMILES string of the molecule is CCOc1ccc(C(=O)NCC(CC)c2ccccc2)cn1. The summed E-state index contributed by atoms with van der Waals surface area (Å²) < 4.78 is 5.27. The lowest BCUT2D eigenvalue weighted by molar-refractivity contribution is 0.0950. The predicted octanol–water partition coefficient (Wildman–Crippen LogP) is 3.40. The van der Waals surface area contributed by atoms with Gasteiger partial charge >= 0.3 is 0 Å². The number of amides is 1. The van der Waals surface area contributed by atoms with Gasteiger partial charge in [0, 0.05) is 24.7 Å². The molecule has 2 rings (SSSR count). The fraction of sp³-hybridized carbons (Fsp3) is 0.333. The van der Waals surface area contributed by atoms with Gasteiger partial charge in [-0.3, -0.25) is 4.79 Å². The van der Waals surface area contributed by atoms with Crippen molar-refractivity contribution in [2.75, 3.05) is 13.2 Å². The van der Waals surface area contributed by atoms with Gasteiger partial charge in [0.15, 0.2) is 0 Å². The van der Waals surface area contributed by atoms with Crippen molar-refractivity contribution in [3.63, 3.8) is 0 Å². The molecule has 1 amide bonds. The maximum atomic E-state index is 12.2. The normalized spacial score (nSPS) is 11.7. The molecule has 1 N–H and O–H groups in total. The molecule has 4 heteroatoms. The summed E-state index contributed by atoms with van der Waals surface area (Å²) in [6, 6.07) is 13.7. The Morgan fingerprint density at radius 3 is 2.55 bits per heavy atom. The topological polar surface area (TPSA) is 51.2 Å². The van der Waals surface area contributed by atoms with Crippen molar-refractivity contribution in [1.82, 2.24) is 10.3 Å². The minimum absolute atomic E-state index is 0.107. The van der Waals surface area contributed by atoms with Crippen molar-refractivity contribution in [3.8, 4) is 5.88 Å². The van der Waals surface area contributed by atoms with Gasteiger partial charge in [-0.25, -0.2) is 4.98 Å². The Balaban J connectivity index is 1.93. The van der Waals surface area contributed by atoms with E-state index < -0.39 is 0 Å². The monoisotopic (exact) mass is 298 g/mol. The van der Waals surface area contributed by atoms with E-state index in [2.05, 4.69) is 29.4 Å². The summed E-state index contributed by atoms with van der Waals surface area (Å²) in [7, 11) is 0. The van der Waals surface area contributed by atoms with Crippen LogP contribution in [0.3, 0.4) is 0 Å². The van der Waals surface area contributed by atoms with Crippen molar-refractivity contribution in [3.05, 3.63) is 59.8 Å². The first-order valence-electron chi connectivity index (χ1n) is 7.66. The second-order valence-electron chi connectivity index (χ2n) is 5.04. The summed E-state index contributed by atoms with van der Waals surface area (Å²) >= 11 is 0. The Bertz CT molecular complexity index is 582. The number of hydrogen-bond acceptors (Lipinski definition) is 3. The van der Waals surface area contributed by atoms with Crippen molar-refractivity contribution >= 4 is 5.91 Å². The zero-order valence-corrected chi connectivity index (χ0v) is 13.1. The molecule has 4 nitrogen and oxygen atoms in total. The summed E-state index contributed by atoms with van der Waals surface area (Å²) in [6.07, 6.45) is 2.52. The van der Waals surface area contributed by atoms with E-state index >= 15 is 0 Å². The van der Waals surface area contributed by atoms with Crippen LogP contribution in [0.5, 0.6) is 5.88 Å². The average molecular weight is 298 g/mol. The number of nitrogens with zero attached hydrogens (tertiary/aromatic N) is 1. The molecule has 1 atom stereocenters. The van der Waals surface area contributed by atoms with Gasteiger partial charge in [-0.05, 0) is 25.0 Å². The van der Waals surface area contributed by atoms with Crippen LogP contribution in [-0.2, 0) is 0 Å². The Morgan fingerprint density at radius 1 is 1.18 bits per heavy atom. The van der Waals surface area contributed by atoms with E-state index in [0.717, 1.165) is 6.42 Å². The Labute approximate surface area is 131 Å². The van der Waals surface area contributed by atoms with Crippen molar-refractivity contribution in [2.45, 2.75) is 26.2 Å². The second-order valence-corrected chi connectivity index (χ2v) is 5.04. The van der Waals surface area contributed by atoms with Crippen LogP contribution >= 0.6 is 0 Å². The van der Waals surface area contributed by atoms with E-state index in [-0.39, 0.29) is 5.91 Å². The van der Waals surface area contributed by atoms with Gasteiger partial charge in [-0.15, -0.1) is 0 Å². The van der Waals surface area contributed by atoms with Crippen LogP contribution in [-0.4, -0.2) is 24.0 Å². The zero-order chi connectivity index (χ0) is 15.8. The Morgan fingerprint density at radius 2 is 1.95 bits per heavy atom. The first-order valence-corrected chi connectivity index (χ1v) is 7.66. The highest BCUT2D eigenvalue weighted by Crippen LogP contribution is 2.18. The number of carbonyl (C=O) groups excluding carboxylic acids is 1. The lowest BCUT2D eigenvalue weighted by Crippen LogP contribution is -2.28. The fourth-order valence-corrected chi connectivity index (χ4v) is 2.29. The molecule has 1 aromatic carbocycles. The molecule has 0 saturated heterocycles. The summed E-state index contributed by atoms with van der Waals surface area (Å²) in [5.41, 5.74) is 1.79. The third kappa shape index (κ3) is 4.32. The molecule has 2 aromatic rings. The number of ether oxygens (including phenoxy) is 1. The van der Waals surface area contributed by atoms with Crippen LogP contribution < -0.4 is 10.1 Å². The van der Waals surface area contributed by atoms with Crippen LogP contribution in [0.1, 0.15) is 42.1 Å².